The minimum Gasteiger partial charge on any atom is -0.280 e. The molecule has 0 atom stereocenters. The molecule has 160 valence electrons. The summed E-state index contributed by atoms with van der Waals surface area (Å²) >= 11 is 56.9. The van der Waals surface area contributed by atoms with Crippen LogP contribution < -0.4 is 0 Å². The largest absolute Gasteiger partial charge is 0.280 e. The summed E-state index contributed by atoms with van der Waals surface area (Å²) in [6.45, 7) is 1.93. The summed E-state index contributed by atoms with van der Waals surface area (Å²) in [5.74, 6) is 0. The van der Waals surface area contributed by atoms with Crippen LogP contribution in [0.5, 0.6) is 0 Å². The zero-order valence-electron chi connectivity index (χ0n) is 14.4. The number of rotatable bonds is 5. The van der Waals surface area contributed by atoms with E-state index in [2.05, 4.69) is 0 Å². The number of thioether (sulfide) groups is 2. The van der Waals surface area contributed by atoms with Crippen molar-refractivity contribution in [2.75, 3.05) is 0 Å². The molecule has 2 aromatic carbocycles. The summed E-state index contributed by atoms with van der Waals surface area (Å²) in [6.07, 6.45) is 0. The summed E-state index contributed by atoms with van der Waals surface area (Å²) in [5.41, 5.74) is 1.06. The molecule has 2 rings (SSSR count). The number of carbonyl (C=O) groups is 1. The van der Waals surface area contributed by atoms with E-state index in [0.29, 0.717) is 4.90 Å². The second-order valence-electron chi connectivity index (χ2n) is 5.42. The first-order valence-corrected chi connectivity index (χ1v) is 12.6. The number of hydrogen-bond donors (Lipinski definition) is 0. The van der Waals surface area contributed by atoms with E-state index < -0.39 is 5.12 Å². The van der Waals surface area contributed by atoms with Gasteiger partial charge in [-0.15, -0.1) is 0 Å². The summed E-state index contributed by atoms with van der Waals surface area (Å²) in [4.78, 5) is 13.3. The Kier molecular flexibility index (Phi) is 10.7. The van der Waals surface area contributed by atoms with Crippen molar-refractivity contribution >= 4 is 133 Å². The molecular formula is C18H7Cl9OS2. The number of carbonyl (C=O) groups excluding carboxylic acids is 1. The van der Waals surface area contributed by atoms with Crippen molar-refractivity contribution < 1.29 is 4.79 Å². The fourth-order valence-electron chi connectivity index (χ4n) is 1.84. The molecule has 0 aliphatic carbocycles. The van der Waals surface area contributed by atoms with Crippen molar-refractivity contribution in [2.45, 2.75) is 16.7 Å². The summed E-state index contributed by atoms with van der Waals surface area (Å²) in [7, 11) is 0. The molecule has 0 heterocycles. The quantitative estimate of drug-likeness (QED) is 0.109. The lowest BCUT2D eigenvalue weighted by Gasteiger charge is -2.12. The van der Waals surface area contributed by atoms with Crippen molar-refractivity contribution in [1.82, 2.24) is 0 Å². The molecule has 0 aromatic heterocycles. The smallest absolute Gasteiger partial charge is 0.237 e. The van der Waals surface area contributed by atoms with Gasteiger partial charge in [-0.25, -0.2) is 0 Å². The van der Waals surface area contributed by atoms with Crippen LogP contribution in [0.1, 0.15) is 5.56 Å². The van der Waals surface area contributed by atoms with Gasteiger partial charge in [0, 0.05) is 4.90 Å². The van der Waals surface area contributed by atoms with Gasteiger partial charge < -0.3 is 0 Å². The summed E-state index contributed by atoms with van der Waals surface area (Å²) in [5, 5.41) is -1.16. The van der Waals surface area contributed by atoms with Gasteiger partial charge in [-0.2, -0.15) is 0 Å². The SMILES string of the molecule is Cc1ccc(SC(=O)/C(Cl)=C(Cl)\C(Cl)=C(\Cl)Sc2c(Cl)c(Cl)c(Cl)c(Cl)c2Cl)cc1. The normalized spacial score (nSPS) is 13.1. The fourth-order valence-corrected chi connectivity index (χ4v) is 5.89. The summed E-state index contributed by atoms with van der Waals surface area (Å²) < 4.78 is -0.0637. The molecule has 12 heteroatoms. The molecule has 0 saturated carbocycles. The monoisotopic (exact) mass is 618 g/mol. The van der Waals surface area contributed by atoms with Gasteiger partial charge in [-0.05, 0) is 30.8 Å². The zero-order chi connectivity index (χ0) is 22.7. The highest BCUT2D eigenvalue weighted by Crippen LogP contribution is 2.51. The second kappa shape index (κ2) is 11.9. The van der Waals surface area contributed by atoms with E-state index in [1.165, 1.54) is 0 Å². The third kappa shape index (κ3) is 6.48. The number of hydrogen-bond acceptors (Lipinski definition) is 3. The predicted octanol–water partition coefficient (Wildman–Crippen LogP) is 11.0. The van der Waals surface area contributed by atoms with Gasteiger partial charge in [0.05, 0.1) is 44.4 Å². The van der Waals surface area contributed by atoms with Gasteiger partial charge in [0.15, 0.2) is 0 Å². The topological polar surface area (TPSA) is 17.1 Å². The molecule has 0 fully saturated rings. The van der Waals surface area contributed by atoms with Gasteiger partial charge in [0.25, 0.3) is 0 Å². The van der Waals surface area contributed by atoms with Crippen molar-refractivity contribution in [1.29, 1.82) is 0 Å². The van der Waals surface area contributed by atoms with Gasteiger partial charge in [-0.3, -0.25) is 4.79 Å². The maximum Gasteiger partial charge on any atom is 0.237 e. The molecule has 0 unspecified atom stereocenters. The molecule has 2 aromatic rings. The van der Waals surface area contributed by atoms with Crippen molar-refractivity contribution in [3.05, 3.63) is 74.4 Å². The maximum atomic E-state index is 12.4. The van der Waals surface area contributed by atoms with Crippen LogP contribution in [-0.2, 0) is 4.79 Å². The van der Waals surface area contributed by atoms with Crippen LogP contribution >= 0.6 is 128 Å². The highest BCUT2D eigenvalue weighted by Gasteiger charge is 2.23. The number of aryl methyl sites for hydroxylation is 1. The van der Waals surface area contributed by atoms with Gasteiger partial charge >= 0.3 is 0 Å². The first-order chi connectivity index (χ1) is 14.0. The third-order valence-corrected chi connectivity index (χ3v) is 9.78. The van der Waals surface area contributed by atoms with E-state index in [1.807, 2.05) is 19.1 Å². The molecule has 0 N–H and O–H groups in total. The lowest BCUT2D eigenvalue weighted by Crippen LogP contribution is -1.95. The minimum absolute atomic E-state index is 0.000157. The lowest BCUT2D eigenvalue weighted by atomic mass is 10.2. The Balaban J connectivity index is 2.33. The van der Waals surface area contributed by atoms with Gasteiger partial charge in [0.2, 0.25) is 5.12 Å². The number of allylic oxidation sites excluding steroid dienone is 2. The Bertz CT molecular complexity index is 1030. The molecule has 0 amide bonds. The molecule has 0 radical (unpaired) electrons. The molecular weight excluding hydrogens is 615 g/mol. The Morgan fingerprint density at radius 3 is 1.63 bits per heavy atom. The Morgan fingerprint density at radius 2 is 1.13 bits per heavy atom. The lowest BCUT2D eigenvalue weighted by molar-refractivity contribution is -0.107. The van der Waals surface area contributed by atoms with Crippen LogP contribution in [0.2, 0.25) is 25.1 Å². The van der Waals surface area contributed by atoms with Crippen LogP contribution in [0.15, 0.2) is 53.5 Å². The van der Waals surface area contributed by atoms with Crippen molar-refractivity contribution in [3.8, 4) is 0 Å². The van der Waals surface area contributed by atoms with Crippen molar-refractivity contribution in [3.63, 3.8) is 0 Å². The summed E-state index contributed by atoms with van der Waals surface area (Å²) in [6, 6.07) is 7.30. The third-order valence-electron chi connectivity index (χ3n) is 3.33. The van der Waals surface area contributed by atoms with Crippen LogP contribution in [0.25, 0.3) is 0 Å². The van der Waals surface area contributed by atoms with Gasteiger partial charge in [-0.1, -0.05) is 134 Å². The molecule has 1 nitrogen and oxygen atoms in total. The predicted molar refractivity (Wildman–Crippen MR) is 137 cm³/mol. The van der Waals surface area contributed by atoms with E-state index in [0.717, 1.165) is 29.1 Å². The van der Waals surface area contributed by atoms with Crippen molar-refractivity contribution in [2.24, 2.45) is 0 Å². The second-order valence-corrected chi connectivity index (χ2v) is 11.1. The highest BCUT2D eigenvalue weighted by atomic mass is 35.5. The van der Waals surface area contributed by atoms with E-state index >= 15 is 0 Å². The first-order valence-electron chi connectivity index (χ1n) is 7.54. The highest BCUT2D eigenvalue weighted by molar-refractivity contribution is 8.14. The average Bonchev–Trinajstić information content (AvgIpc) is 2.73. The molecule has 0 aliphatic rings. The molecule has 0 aliphatic heterocycles. The Labute approximate surface area is 226 Å². The minimum atomic E-state index is -0.508. The Hall–Kier alpha value is 0.900. The average molecular weight is 622 g/mol. The number of halogens is 9. The molecule has 30 heavy (non-hydrogen) atoms. The van der Waals surface area contributed by atoms with E-state index in [-0.39, 0.29) is 49.5 Å². The van der Waals surface area contributed by atoms with Gasteiger partial charge in [0.1, 0.15) is 5.03 Å². The first kappa shape index (κ1) is 27.1. The van der Waals surface area contributed by atoms with Crippen LogP contribution in [-0.4, -0.2) is 5.12 Å². The Morgan fingerprint density at radius 1 is 0.667 bits per heavy atom. The zero-order valence-corrected chi connectivity index (χ0v) is 22.9. The molecule has 0 saturated heterocycles. The fraction of sp³-hybridized carbons (Fsp3) is 0.0556. The number of benzene rings is 2. The molecule has 0 spiro atoms. The van der Waals surface area contributed by atoms with E-state index in [9.17, 15) is 4.79 Å². The van der Waals surface area contributed by atoms with E-state index in [4.69, 9.17) is 104 Å². The maximum absolute atomic E-state index is 12.4. The molecule has 0 bridgehead atoms. The van der Waals surface area contributed by atoms with Crippen LogP contribution in [0, 0.1) is 6.92 Å². The van der Waals surface area contributed by atoms with Crippen LogP contribution in [0.4, 0.5) is 0 Å². The standard InChI is InChI=1S/C18H7Cl9OS2/c1-6-2-4-7(5-3-6)29-18(28)15(26)11(22)14(25)17(27)30-16-12(23)9(20)8(19)10(21)13(16)24/h2-5H,1H3/b15-11-,17-14+. The van der Waals surface area contributed by atoms with Crippen LogP contribution in [0.3, 0.4) is 0 Å². The van der Waals surface area contributed by atoms with E-state index in [1.54, 1.807) is 12.1 Å².